The van der Waals surface area contributed by atoms with E-state index in [1.807, 2.05) is 42.6 Å². The summed E-state index contributed by atoms with van der Waals surface area (Å²) in [5.74, 6) is 3.27. The number of benzene rings is 1. The average Bonchev–Trinajstić information content (AvgIpc) is 3.17. The molecule has 0 aliphatic carbocycles. The van der Waals surface area contributed by atoms with Crippen molar-refractivity contribution in [2.75, 3.05) is 32.7 Å². The number of ether oxygens (including phenoxy) is 3. The topological polar surface area (TPSA) is 65.5 Å². The van der Waals surface area contributed by atoms with Gasteiger partial charge < -0.3 is 19.5 Å². The molecule has 27 heavy (non-hydrogen) atoms. The van der Waals surface area contributed by atoms with Crippen molar-refractivity contribution in [2.45, 2.75) is 13.3 Å². The molecule has 3 aromatic rings. The van der Waals surface area contributed by atoms with Crippen LogP contribution in [-0.2, 0) is 6.42 Å². The van der Waals surface area contributed by atoms with Gasteiger partial charge in [-0.3, -0.25) is 0 Å². The van der Waals surface area contributed by atoms with Gasteiger partial charge in [0.15, 0.2) is 0 Å². The average molecular weight is 385 g/mol. The molecule has 0 spiro atoms. The third kappa shape index (κ3) is 4.89. The fourth-order valence-electron chi connectivity index (χ4n) is 2.67. The number of hydrogen-bond acceptors (Lipinski definition) is 7. The van der Waals surface area contributed by atoms with Crippen LogP contribution in [0.3, 0.4) is 0 Å². The highest BCUT2D eigenvalue weighted by molar-refractivity contribution is 7.13. The summed E-state index contributed by atoms with van der Waals surface area (Å²) in [7, 11) is 3.31. The second kappa shape index (κ2) is 9.23. The molecule has 0 amide bonds. The Balaban J connectivity index is 1.63. The summed E-state index contributed by atoms with van der Waals surface area (Å²) in [4.78, 5) is 9.73. The molecule has 1 aromatic carbocycles. The zero-order chi connectivity index (χ0) is 19.1. The lowest BCUT2D eigenvalue weighted by Crippen LogP contribution is -2.07. The van der Waals surface area contributed by atoms with Gasteiger partial charge in [0.25, 0.3) is 0 Å². The molecule has 1 N–H and O–H groups in total. The molecule has 142 valence electrons. The van der Waals surface area contributed by atoms with Crippen LogP contribution in [0.4, 0.5) is 5.82 Å². The molecule has 2 aromatic heterocycles. The summed E-state index contributed by atoms with van der Waals surface area (Å²) in [5, 5.41) is 5.34. The van der Waals surface area contributed by atoms with Gasteiger partial charge in [-0.2, -0.15) is 0 Å². The number of nitrogens with zero attached hydrogens (tertiary/aromatic N) is 2. The maximum Gasteiger partial charge on any atom is 0.130 e. The van der Waals surface area contributed by atoms with Crippen molar-refractivity contribution in [1.82, 2.24) is 9.97 Å². The van der Waals surface area contributed by atoms with Gasteiger partial charge in [-0.15, -0.1) is 11.3 Å². The first kappa shape index (κ1) is 19.0. The zero-order valence-corrected chi connectivity index (χ0v) is 16.5. The molecule has 0 aliphatic rings. The van der Waals surface area contributed by atoms with E-state index < -0.39 is 0 Å². The summed E-state index contributed by atoms with van der Waals surface area (Å²) in [6, 6.07) is 9.80. The first-order chi connectivity index (χ1) is 13.2. The minimum absolute atomic E-state index is 0.654. The minimum atomic E-state index is 0.654. The normalized spacial score (nSPS) is 10.5. The van der Waals surface area contributed by atoms with E-state index in [0.717, 1.165) is 52.2 Å². The van der Waals surface area contributed by atoms with Crippen LogP contribution in [0.15, 0.2) is 42.0 Å². The molecule has 0 fully saturated rings. The minimum Gasteiger partial charge on any atom is -0.497 e. The maximum atomic E-state index is 5.52. The van der Waals surface area contributed by atoms with E-state index in [4.69, 9.17) is 14.2 Å². The van der Waals surface area contributed by atoms with Gasteiger partial charge in [0.2, 0.25) is 0 Å². The number of rotatable bonds is 9. The van der Waals surface area contributed by atoms with Crippen LogP contribution >= 0.6 is 11.3 Å². The Morgan fingerprint density at radius 3 is 2.70 bits per heavy atom. The molecule has 0 saturated heterocycles. The Morgan fingerprint density at radius 1 is 1.04 bits per heavy atom. The van der Waals surface area contributed by atoms with Crippen molar-refractivity contribution in [3.05, 3.63) is 47.6 Å². The Bertz CT molecular complexity index is 882. The summed E-state index contributed by atoms with van der Waals surface area (Å²) in [6.07, 6.45) is 2.38. The van der Waals surface area contributed by atoms with Gasteiger partial charge in [0.05, 0.1) is 31.4 Å². The third-order valence-electron chi connectivity index (χ3n) is 4.00. The maximum absolute atomic E-state index is 5.52. The van der Waals surface area contributed by atoms with Gasteiger partial charge in [0, 0.05) is 30.1 Å². The van der Waals surface area contributed by atoms with Gasteiger partial charge >= 0.3 is 0 Å². The van der Waals surface area contributed by atoms with Gasteiger partial charge in [0.1, 0.15) is 29.4 Å². The van der Waals surface area contributed by atoms with Gasteiger partial charge in [-0.25, -0.2) is 9.97 Å². The first-order valence-corrected chi connectivity index (χ1v) is 9.60. The van der Waals surface area contributed by atoms with Gasteiger partial charge in [-0.1, -0.05) is 6.07 Å². The Labute approximate surface area is 163 Å². The highest BCUT2D eigenvalue weighted by Gasteiger charge is 2.08. The summed E-state index contributed by atoms with van der Waals surface area (Å²) in [6.45, 7) is 3.36. The molecule has 3 rings (SSSR count). The molecule has 6 nitrogen and oxygen atoms in total. The van der Waals surface area contributed by atoms with Crippen LogP contribution < -0.4 is 19.5 Å². The largest absolute Gasteiger partial charge is 0.497 e. The van der Waals surface area contributed by atoms with E-state index in [1.165, 1.54) is 0 Å². The lowest BCUT2D eigenvalue weighted by molar-refractivity contribution is 0.342. The number of thiophene rings is 1. The quantitative estimate of drug-likeness (QED) is 0.593. The van der Waals surface area contributed by atoms with Crippen LogP contribution in [0, 0.1) is 0 Å². The number of hydrogen-bond donors (Lipinski definition) is 1. The van der Waals surface area contributed by atoms with E-state index in [9.17, 15) is 0 Å². The van der Waals surface area contributed by atoms with E-state index >= 15 is 0 Å². The van der Waals surface area contributed by atoms with Crippen molar-refractivity contribution in [3.63, 3.8) is 0 Å². The molecule has 0 bridgehead atoms. The SMILES string of the molecule is CCOc1csc(-c2cc(NCCc3ccc(OC)cc3OC)ncn2)c1. The van der Waals surface area contributed by atoms with E-state index in [2.05, 4.69) is 15.3 Å². The second-order valence-electron chi connectivity index (χ2n) is 5.72. The monoisotopic (exact) mass is 385 g/mol. The molecular formula is C20H23N3O3S. The zero-order valence-electron chi connectivity index (χ0n) is 15.7. The summed E-state index contributed by atoms with van der Waals surface area (Å²) in [5.41, 5.74) is 1.99. The Hall–Kier alpha value is -2.80. The molecule has 0 aliphatic heterocycles. The molecule has 0 atom stereocenters. The predicted molar refractivity (Wildman–Crippen MR) is 108 cm³/mol. The van der Waals surface area contributed by atoms with E-state index in [1.54, 1.807) is 31.9 Å². The molecular weight excluding hydrogens is 362 g/mol. The number of methoxy groups -OCH3 is 2. The van der Waals surface area contributed by atoms with E-state index in [0.29, 0.717) is 6.61 Å². The van der Waals surface area contributed by atoms with Crippen LogP contribution in [0.1, 0.15) is 12.5 Å². The third-order valence-corrected chi connectivity index (χ3v) is 4.93. The second-order valence-corrected chi connectivity index (χ2v) is 6.63. The van der Waals surface area contributed by atoms with Crippen molar-refractivity contribution in [1.29, 1.82) is 0 Å². The van der Waals surface area contributed by atoms with E-state index in [-0.39, 0.29) is 0 Å². The van der Waals surface area contributed by atoms with Crippen LogP contribution in [0.2, 0.25) is 0 Å². The summed E-state index contributed by atoms with van der Waals surface area (Å²) >= 11 is 1.61. The Morgan fingerprint density at radius 2 is 1.93 bits per heavy atom. The highest BCUT2D eigenvalue weighted by Crippen LogP contribution is 2.30. The van der Waals surface area contributed by atoms with Crippen molar-refractivity contribution in [3.8, 4) is 27.8 Å². The highest BCUT2D eigenvalue weighted by atomic mass is 32.1. The lowest BCUT2D eigenvalue weighted by atomic mass is 10.1. The number of nitrogens with one attached hydrogen (secondary N) is 1. The fraction of sp³-hybridized carbons (Fsp3) is 0.300. The molecule has 0 unspecified atom stereocenters. The standard InChI is InChI=1S/C20H23N3O3S/c1-4-26-16-10-19(27-12-16)17-11-20(23-13-22-17)21-8-7-14-5-6-15(24-2)9-18(14)25-3/h5-6,9-13H,4,7-8H2,1-3H3,(H,21,22,23). The number of aromatic nitrogens is 2. The molecule has 0 saturated carbocycles. The smallest absolute Gasteiger partial charge is 0.130 e. The lowest BCUT2D eigenvalue weighted by Gasteiger charge is -2.11. The van der Waals surface area contributed by atoms with Crippen molar-refractivity contribution in [2.24, 2.45) is 0 Å². The van der Waals surface area contributed by atoms with Gasteiger partial charge in [-0.05, 0) is 25.0 Å². The van der Waals surface area contributed by atoms with Crippen LogP contribution in [0.5, 0.6) is 17.2 Å². The molecule has 2 heterocycles. The Kier molecular flexibility index (Phi) is 6.49. The first-order valence-electron chi connectivity index (χ1n) is 8.72. The van der Waals surface area contributed by atoms with Crippen molar-refractivity contribution >= 4 is 17.2 Å². The van der Waals surface area contributed by atoms with Crippen LogP contribution in [-0.4, -0.2) is 37.3 Å². The van der Waals surface area contributed by atoms with Crippen LogP contribution in [0.25, 0.3) is 10.6 Å². The molecule has 0 radical (unpaired) electrons. The van der Waals surface area contributed by atoms with Crippen molar-refractivity contribution < 1.29 is 14.2 Å². The molecule has 7 heteroatoms. The number of anilines is 1. The fourth-order valence-corrected chi connectivity index (χ4v) is 3.46. The summed E-state index contributed by atoms with van der Waals surface area (Å²) < 4.78 is 16.2. The predicted octanol–water partition coefficient (Wildman–Crippen LogP) is 4.28.